The molecule has 0 radical (unpaired) electrons. The van der Waals surface area contributed by atoms with Gasteiger partial charge in [0.2, 0.25) is 0 Å². The Morgan fingerprint density at radius 2 is 2.40 bits per heavy atom. The summed E-state index contributed by atoms with van der Waals surface area (Å²) in [7, 11) is 1.89. The molecule has 4 N–H and O–H groups in total. The van der Waals surface area contributed by atoms with E-state index in [9.17, 15) is 0 Å². The summed E-state index contributed by atoms with van der Waals surface area (Å²) in [4.78, 5) is 7.15. The van der Waals surface area contributed by atoms with Crippen LogP contribution in [0, 0.1) is 6.92 Å². The fourth-order valence-electron chi connectivity index (χ4n) is 1.39. The maximum absolute atomic E-state index is 5.71. The zero-order chi connectivity index (χ0) is 10.8. The van der Waals surface area contributed by atoms with Crippen LogP contribution in [0.1, 0.15) is 11.4 Å². The van der Waals surface area contributed by atoms with E-state index in [1.165, 1.54) is 0 Å². The molecule has 6 heteroatoms. The normalized spacial score (nSPS) is 10.5. The maximum Gasteiger partial charge on any atom is 0.169 e. The van der Waals surface area contributed by atoms with Crippen LogP contribution in [-0.4, -0.2) is 19.7 Å². The highest BCUT2D eigenvalue weighted by Crippen LogP contribution is 2.14. The van der Waals surface area contributed by atoms with Crippen molar-refractivity contribution in [2.24, 2.45) is 7.05 Å². The molecular formula is C9H14N6. The highest BCUT2D eigenvalue weighted by Gasteiger charge is 2.04. The fourth-order valence-corrected chi connectivity index (χ4v) is 1.39. The molecular weight excluding hydrogens is 192 g/mol. The first-order valence-corrected chi connectivity index (χ1v) is 4.68. The summed E-state index contributed by atoms with van der Waals surface area (Å²) in [6.45, 7) is 2.54. The van der Waals surface area contributed by atoms with Gasteiger partial charge in [-0.25, -0.2) is 4.98 Å². The first-order valence-electron chi connectivity index (χ1n) is 4.68. The number of aryl methyl sites for hydroxylation is 2. The third kappa shape index (κ3) is 2.09. The van der Waals surface area contributed by atoms with Gasteiger partial charge in [0, 0.05) is 25.4 Å². The lowest BCUT2D eigenvalue weighted by Crippen LogP contribution is -2.01. The van der Waals surface area contributed by atoms with Crippen LogP contribution < -0.4 is 11.1 Å². The van der Waals surface area contributed by atoms with E-state index in [1.54, 1.807) is 4.68 Å². The predicted molar refractivity (Wildman–Crippen MR) is 58.3 cm³/mol. The van der Waals surface area contributed by atoms with Gasteiger partial charge in [-0.1, -0.05) is 0 Å². The molecule has 0 fully saturated rings. The first-order chi connectivity index (χ1) is 7.15. The number of anilines is 2. The third-order valence-electron chi connectivity index (χ3n) is 2.07. The van der Waals surface area contributed by atoms with Gasteiger partial charge >= 0.3 is 0 Å². The van der Waals surface area contributed by atoms with E-state index >= 15 is 0 Å². The van der Waals surface area contributed by atoms with Crippen molar-refractivity contribution in [3.63, 3.8) is 0 Å². The summed E-state index contributed by atoms with van der Waals surface area (Å²) in [5.41, 5.74) is 6.80. The van der Waals surface area contributed by atoms with E-state index in [2.05, 4.69) is 20.4 Å². The van der Waals surface area contributed by atoms with Crippen molar-refractivity contribution < 1.29 is 0 Å². The van der Waals surface area contributed by atoms with E-state index in [-0.39, 0.29) is 0 Å². The zero-order valence-corrected chi connectivity index (χ0v) is 8.78. The van der Waals surface area contributed by atoms with E-state index in [0.29, 0.717) is 18.2 Å². The Labute approximate surface area is 87.5 Å². The van der Waals surface area contributed by atoms with Crippen LogP contribution in [0.2, 0.25) is 0 Å². The average Bonchev–Trinajstić information content (AvgIpc) is 2.70. The van der Waals surface area contributed by atoms with Crippen LogP contribution in [0.25, 0.3) is 0 Å². The maximum atomic E-state index is 5.71. The van der Waals surface area contributed by atoms with Gasteiger partial charge in [-0.3, -0.25) is 4.68 Å². The van der Waals surface area contributed by atoms with Crippen molar-refractivity contribution in [3.8, 4) is 0 Å². The summed E-state index contributed by atoms with van der Waals surface area (Å²) >= 11 is 0. The standard InChI is InChI=1S/C9H14N6/c1-6-13-8(10)9(14-6)11-3-7-4-12-15(2)5-7/h4-5,11H,3,10H2,1-2H3,(H,13,14). The summed E-state index contributed by atoms with van der Waals surface area (Å²) in [6, 6.07) is 0. The molecule has 0 aliphatic rings. The molecule has 2 heterocycles. The van der Waals surface area contributed by atoms with Gasteiger partial charge in [-0.15, -0.1) is 0 Å². The van der Waals surface area contributed by atoms with Gasteiger partial charge in [0.15, 0.2) is 5.82 Å². The van der Waals surface area contributed by atoms with E-state index in [4.69, 9.17) is 5.73 Å². The Bertz CT molecular complexity index is 455. The minimum absolute atomic E-state index is 0.566. The Balaban J connectivity index is 2.01. The minimum atomic E-state index is 0.566. The number of hydrogen-bond acceptors (Lipinski definition) is 4. The Morgan fingerprint density at radius 3 is 2.93 bits per heavy atom. The molecule has 80 valence electrons. The molecule has 0 aliphatic heterocycles. The van der Waals surface area contributed by atoms with Gasteiger partial charge in [0.05, 0.1) is 6.20 Å². The molecule has 0 saturated carbocycles. The molecule has 0 bridgehead atoms. The quantitative estimate of drug-likeness (QED) is 0.688. The second-order valence-electron chi connectivity index (χ2n) is 3.46. The van der Waals surface area contributed by atoms with Crippen LogP contribution in [0.3, 0.4) is 0 Å². The number of imidazole rings is 1. The number of hydrogen-bond donors (Lipinski definition) is 3. The lowest BCUT2D eigenvalue weighted by atomic mass is 10.3. The molecule has 0 unspecified atom stereocenters. The lowest BCUT2D eigenvalue weighted by Gasteiger charge is -2.00. The third-order valence-corrected chi connectivity index (χ3v) is 2.07. The Hall–Kier alpha value is -1.98. The summed E-state index contributed by atoms with van der Waals surface area (Å²) in [5, 5.41) is 7.22. The first kappa shape index (κ1) is 9.57. The number of nitrogens with zero attached hydrogens (tertiary/aromatic N) is 3. The van der Waals surface area contributed by atoms with Gasteiger partial charge in [-0.05, 0) is 6.92 Å². The predicted octanol–water partition coefficient (Wildman–Crippen LogP) is 0.646. The second kappa shape index (κ2) is 3.64. The largest absolute Gasteiger partial charge is 0.382 e. The molecule has 0 atom stereocenters. The highest BCUT2D eigenvalue weighted by atomic mass is 15.2. The molecule has 2 rings (SSSR count). The molecule has 0 aromatic carbocycles. The van der Waals surface area contributed by atoms with Gasteiger partial charge in [-0.2, -0.15) is 5.10 Å². The molecule has 15 heavy (non-hydrogen) atoms. The van der Waals surface area contributed by atoms with Crippen LogP contribution in [-0.2, 0) is 13.6 Å². The average molecular weight is 206 g/mol. The molecule has 0 aliphatic carbocycles. The van der Waals surface area contributed by atoms with Gasteiger partial charge < -0.3 is 16.0 Å². The van der Waals surface area contributed by atoms with Crippen LogP contribution in [0.5, 0.6) is 0 Å². The second-order valence-corrected chi connectivity index (χ2v) is 3.46. The van der Waals surface area contributed by atoms with Gasteiger partial charge in [0.25, 0.3) is 0 Å². The smallest absolute Gasteiger partial charge is 0.169 e. The number of nitrogens with one attached hydrogen (secondary N) is 2. The van der Waals surface area contributed by atoms with Crippen molar-refractivity contribution in [2.75, 3.05) is 11.1 Å². The van der Waals surface area contributed by atoms with Crippen molar-refractivity contribution >= 4 is 11.6 Å². The van der Waals surface area contributed by atoms with E-state index < -0.39 is 0 Å². The molecule has 0 spiro atoms. The van der Waals surface area contributed by atoms with Gasteiger partial charge in [0.1, 0.15) is 11.6 Å². The summed E-state index contributed by atoms with van der Waals surface area (Å²) < 4.78 is 1.76. The highest BCUT2D eigenvalue weighted by molar-refractivity contribution is 5.56. The van der Waals surface area contributed by atoms with Crippen molar-refractivity contribution in [3.05, 3.63) is 23.8 Å². The number of rotatable bonds is 3. The molecule has 0 saturated heterocycles. The van der Waals surface area contributed by atoms with Crippen LogP contribution in [0.4, 0.5) is 11.6 Å². The van der Waals surface area contributed by atoms with E-state index in [0.717, 1.165) is 11.4 Å². The monoisotopic (exact) mass is 206 g/mol. The Kier molecular flexibility index (Phi) is 2.32. The van der Waals surface area contributed by atoms with Crippen LogP contribution in [0.15, 0.2) is 12.4 Å². The Morgan fingerprint density at radius 1 is 1.60 bits per heavy atom. The van der Waals surface area contributed by atoms with E-state index in [1.807, 2.05) is 26.4 Å². The number of H-pyrrole nitrogens is 1. The summed E-state index contributed by atoms with van der Waals surface area (Å²) in [5.74, 6) is 2.06. The molecule has 0 amide bonds. The fraction of sp³-hybridized carbons (Fsp3) is 0.333. The number of aromatic amines is 1. The summed E-state index contributed by atoms with van der Waals surface area (Å²) in [6.07, 6.45) is 3.76. The van der Waals surface area contributed by atoms with Crippen molar-refractivity contribution in [1.82, 2.24) is 19.7 Å². The number of aromatic nitrogens is 4. The molecule has 2 aromatic heterocycles. The van der Waals surface area contributed by atoms with Crippen molar-refractivity contribution in [2.45, 2.75) is 13.5 Å². The molecule has 6 nitrogen and oxygen atoms in total. The lowest BCUT2D eigenvalue weighted by molar-refractivity contribution is 0.767. The zero-order valence-electron chi connectivity index (χ0n) is 8.78. The number of nitrogen functional groups attached to an aromatic ring is 1. The van der Waals surface area contributed by atoms with Crippen LogP contribution >= 0.6 is 0 Å². The molecule has 2 aromatic rings. The number of nitrogens with two attached hydrogens (primary N) is 1. The topological polar surface area (TPSA) is 84.6 Å². The minimum Gasteiger partial charge on any atom is -0.382 e. The van der Waals surface area contributed by atoms with Crippen molar-refractivity contribution in [1.29, 1.82) is 0 Å². The SMILES string of the molecule is Cc1nc(NCc2cnn(C)c2)c(N)[nH]1.